The van der Waals surface area contributed by atoms with E-state index >= 15 is 0 Å². The summed E-state index contributed by atoms with van der Waals surface area (Å²) in [6.07, 6.45) is 14.9. The molecule has 0 heterocycles. The molecule has 5 aromatic carbocycles. The van der Waals surface area contributed by atoms with E-state index in [-0.39, 0.29) is 5.41 Å². The Morgan fingerprint density at radius 2 is 1.28 bits per heavy atom. The quantitative estimate of drug-likeness (QED) is 0.206. The summed E-state index contributed by atoms with van der Waals surface area (Å²) >= 11 is 0. The van der Waals surface area contributed by atoms with Crippen LogP contribution in [-0.2, 0) is 11.8 Å². The van der Waals surface area contributed by atoms with Crippen LogP contribution in [-0.4, -0.2) is 0 Å². The Kier molecular flexibility index (Phi) is 6.82. The number of aryl methyl sites for hydroxylation is 5. The minimum absolute atomic E-state index is 0.208. The van der Waals surface area contributed by atoms with Crippen LogP contribution in [0.4, 0.5) is 0 Å². The van der Waals surface area contributed by atoms with Gasteiger partial charge in [0.1, 0.15) is 0 Å². The van der Waals surface area contributed by atoms with Gasteiger partial charge in [-0.2, -0.15) is 0 Å². The van der Waals surface area contributed by atoms with Gasteiger partial charge in [-0.15, -0.1) is 0 Å². The zero-order valence-electron chi connectivity index (χ0n) is 26.1. The highest BCUT2D eigenvalue weighted by Crippen LogP contribution is 2.51. The molecule has 0 aliphatic heterocycles. The molecular weight excluding hydrogens is 516 g/mol. The van der Waals surface area contributed by atoms with E-state index in [9.17, 15) is 0 Å². The molecule has 0 saturated heterocycles. The highest BCUT2D eigenvalue weighted by Gasteiger charge is 2.36. The fourth-order valence-electron chi connectivity index (χ4n) is 7.32. The smallest absolute Gasteiger partial charge is 0.0221 e. The Bertz CT molecular complexity index is 1990. The highest BCUT2D eigenvalue weighted by molar-refractivity contribution is 5.99. The summed E-state index contributed by atoms with van der Waals surface area (Å²) in [6.45, 7) is 11.5. The van der Waals surface area contributed by atoms with Crippen molar-refractivity contribution in [1.29, 1.82) is 0 Å². The van der Waals surface area contributed by atoms with Crippen molar-refractivity contribution in [2.24, 2.45) is 0 Å². The maximum absolute atomic E-state index is 2.48. The number of hydrogen-bond acceptors (Lipinski definition) is 0. The van der Waals surface area contributed by atoms with E-state index in [4.69, 9.17) is 0 Å². The van der Waals surface area contributed by atoms with Gasteiger partial charge in [-0.25, -0.2) is 0 Å². The fraction of sp³-hybridized carbons (Fsp3) is 0.209. The van der Waals surface area contributed by atoms with Crippen molar-refractivity contribution >= 4 is 22.4 Å². The van der Waals surface area contributed by atoms with Gasteiger partial charge in [-0.05, 0) is 130 Å². The summed E-state index contributed by atoms with van der Waals surface area (Å²) in [7, 11) is 0. The highest BCUT2D eigenvalue weighted by atomic mass is 14.4. The van der Waals surface area contributed by atoms with Crippen molar-refractivity contribution in [3.05, 3.63) is 154 Å². The second-order valence-corrected chi connectivity index (χ2v) is 12.9. The third kappa shape index (κ3) is 4.61. The van der Waals surface area contributed by atoms with Crippen molar-refractivity contribution in [1.82, 2.24) is 0 Å². The maximum atomic E-state index is 2.48. The lowest BCUT2D eigenvalue weighted by molar-refractivity contribution is 0.622. The Morgan fingerprint density at radius 3 is 2.12 bits per heavy atom. The normalized spacial score (nSPS) is 17.7. The van der Waals surface area contributed by atoms with Gasteiger partial charge in [-0.3, -0.25) is 0 Å². The predicted octanol–water partition coefficient (Wildman–Crippen LogP) is 11.7. The summed E-state index contributed by atoms with van der Waals surface area (Å²) in [4.78, 5) is 0. The largest absolute Gasteiger partial charge is 0.0836 e. The Balaban J connectivity index is 1.49. The maximum Gasteiger partial charge on any atom is 0.0221 e. The van der Waals surface area contributed by atoms with Crippen molar-refractivity contribution in [2.45, 2.75) is 59.3 Å². The molecule has 2 aliphatic rings. The number of allylic oxidation sites excluding steroid dienone is 5. The number of rotatable bonds is 4. The van der Waals surface area contributed by atoms with Crippen LogP contribution in [0.25, 0.3) is 44.7 Å². The van der Waals surface area contributed by atoms with Crippen LogP contribution in [0, 0.1) is 27.7 Å². The monoisotopic (exact) mass is 556 g/mol. The average Bonchev–Trinajstić information content (AvgIpc) is 3.03. The molecule has 0 spiro atoms. The van der Waals surface area contributed by atoms with Crippen LogP contribution in [0.15, 0.2) is 109 Å². The molecule has 0 radical (unpaired) electrons. The molecule has 43 heavy (non-hydrogen) atoms. The van der Waals surface area contributed by atoms with E-state index in [0.29, 0.717) is 0 Å². The molecule has 0 amide bonds. The molecule has 0 heteroatoms. The third-order valence-electron chi connectivity index (χ3n) is 10.1. The van der Waals surface area contributed by atoms with Gasteiger partial charge >= 0.3 is 0 Å². The first-order valence-corrected chi connectivity index (χ1v) is 15.7. The molecule has 0 bridgehead atoms. The standard InChI is InChI=1S/C43H40/c1-28-24-38(36-20-12-16-32-14-6-8-18-34(32)36)40(26-29(28)2)41-22-10-11-23-43(41,5)42-27-31(4)30(3)25-39(42)37-21-13-17-33-15-7-9-19-35(33)37/h7-13,15-22,24-27H,6,14,23H2,1-5H3. The summed E-state index contributed by atoms with van der Waals surface area (Å²) in [5.41, 5.74) is 17.5. The minimum Gasteiger partial charge on any atom is -0.0836 e. The number of benzene rings is 5. The van der Waals surface area contributed by atoms with Crippen LogP contribution in [0.2, 0.25) is 0 Å². The second-order valence-electron chi connectivity index (χ2n) is 12.9. The van der Waals surface area contributed by atoms with Crippen LogP contribution in [0.1, 0.15) is 64.3 Å². The molecule has 0 saturated carbocycles. The zero-order valence-corrected chi connectivity index (χ0v) is 26.1. The van der Waals surface area contributed by atoms with Crippen molar-refractivity contribution in [3.8, 4) is 22.3 Å². The summed E-state index contributed by atoms with van der Waals surface area (Å²) < 4.78 is 0. The predicted molar refractivity (Wildman–Crippen MR) is 187 cm³/mol. The van der Waals surface area contributed by atoms with E-state index in [1.54, 1.807) is 0 Å². The van der Waals surface area contributed by atoms with Crippen molar-refractivity contribution < 1.29 is 0 Å². The molecule has 2 aliphatic carbocycles. The SMILES string of the molecule is Cc1cc(C2=CC=CCC2(C)c2cc(C)c(C)cc2-c2cccc3ccccc23)c(-c2cccc3c2C=CCC3)cc1C. The minimum atomic E-state index is -0.208. The molecule has 1 unspecified atom stereocenters. The van der Waals surface area contributed by atoms with E-state index in [0.717, 1.165) is 19.3 Å². The first kappa shape index (κ1) is 27.4. The molecule has 0 aromatic heterocycles. The topological polar surface area (TPSA) is 0 Å². The van der Waals surface area contributed by atoms with Gasteiger partial charge in [0.2, 0.25) is 0 Å². The van der Waals surface area contributed by atoms with Gasteiger partial charge in [0, 0.05) is 5.41 Å². The van der Waals surface area contributed by atoms with Crippen LogP contribution >= 0.6 is 0 Å². The number of fused-ring (bicyclic) bond motifs is 2. The second kappa shape index (κ2) is 10.7. The molecule has 212 valence electrons. The van der Waals surface area contributed by atoms with Gasteiger partial charge < -0.3 is 0 Å². The fourth-order valence-corrected chi connectivity index (χ4v) is 7.32. The molecule has 7 rings (SSSR count). The van der Waals surface area contributed by atoms with E-state index < -0.39 is 0 Å². The molecule has 0 fully saturated rings. The van der Waals surface area contributed by atoms with E-state index in [2.05, 4.69) is 150 Å². The van der Waals surface area contributed by atoms with Crippen LogP contribution in [0.3, 0.4) is 0 Å². The lowest BCUT2D eigenvalue weighted by Gasteiger charge is -2.38. The molecule has 0 N–H and O–H groups in total. The molecular formula is C43H40. The van der Waals surface area contributed by atoms with E-state index in [1.165, 1.54) is 83.1 Å². The Hall–Kier alpha value is -4.42. The van der Waals surface area contributed by atoms with Gasteiger partial charge in [0.25, 0.3) is 0 Å². The number of hydrogen-bond donors (Lipinski definition) is 0. The first-order valence-electron chi connectivity index (χ1n) is 15.7. The zero-order chi connectivity index (χ0) is 29.7. The van der Waals surface area contributed by atoms with Crippen molar-refractivity contribution in [3.63, 3.8) is 0 Å². The molecule has 5 aromatic rings. The third-order valence-corrected chi connectivity index (χ3v) is 10.1. The summed E-state index contributed by atoms with van der Waals surface area (Å²) in [6, 6.07) is 32.3. The van der Waals surface area contributed by atoms with E-state index in [1.807, 2.05) is 0 Å². The average molecular weight is 557 g/mol. The summed E-state index contributed by atoms with van der Waals surface area (Å²) in [5.74, 6) is 0. The Morgan fingerprint density at radius 1 is 0.605 bits per heavy atom. The molecule has 1 atom stereocenters. The lowest BCUT2D eigenvalue weighted by Crippen LogP contribution is -2.26. The van der Waals surface area contributed by atoms with Gasteiger partial charge in [0.15, 0.2) is 0 Å². The van der Waals surface area contributed by atoms with Gasteiger partial charge in [0.05, 0.1) is 0 Å². The van der Waals surface area contributed by atoms with Crippen LogP contribution in [0.5, 0.6) is 0 Å². The van der Waals surface area contributed by atoms with Crippen molar-refractivity contribution in [2.75, 3.05) is 0 Å². The van der Waals surface area contributed by atoms with Crippen LogP contribution < -0.4 is 0 Å². The molecule has 0 nitrogen and oxygen atoms in total. The summed E-state index contributed by atoms with van der Waals surface area (Å²) in [5, 5.41) is 2.59. The lowest BCUT2D eigenvalue weighted by atomic mass is 9.65. The Labute approximate surface area is 257 Å². The first-order chi connectivity index (χ1) is 20.8. The van der Waals surface area contributed by atoms with Gasteiger partial charge in [-0.1, -0.05) is 122 Å².